The van der Waals surface area contributed by atoms with E-state index in [1.807, 2.05) is 0 Å². The number of ether oxygens (including phenoxy) is 3. The fourth-order valence-corrected chi connectivity index (χ4v) is 3.98. The van der Waals surface area contributed by atoms with Gasteiger partial charge >= 0.3 is 6.09 Å². The van der Waals surface area contributed by atoms with Crippen LogP contribution in [0, 0.1) is 5.92 Å². The summed E-state index contributed by atoms with van der Waals surface area (Å²) in [5, 5.41) is 3.34. The van der Waals surface area contributed by atoms with Crippen LogP contribution in [0.15, 0.2) is 42.5 Å². The number of nitrogens with zero attached hydrogens (tertiary/aromatic N) is 1. The van der Waals surface area contributed by atoms with Gasteiger partial charge in [0, 0.05) is 23.0 Å². The molecule has 7 nitrogen and oxygen atoms in total. The lowest BCUT2D eigenvalue weighted by molar-refractivity contribution is 0.0813. The lowest BCUT2D eigenvalue weighted by atomic mass is 9.89. The van der Waals surface area contributed by atoms with Gasteiger partial charge in [-0.05, 0) is 62.3 Å². The Balaban J connectivity index is 1.19. The van der Waals surface area contributed by atoms with Gasteiger partial charge in [0.25, 0.3) is 0 Å². The summed E-state index contributed by atoms with van der Waals surface area (Å²) in [5.41, 5.74) is 1.24. The predicted molar refractivity (Wildman–Crippen MR) is 117 cm³/mol. The van der Waals surface area contributed by atoms with E-state index in [4.69, 9.17) is 25.8 Å². The Labute approximate surface area is 186 Å². The molecule has 1 N–H and O–H groups in total. The average Bonchev–Trinajstić information content (AvgIpc) is 2.80. The molecule has 1 fully saturated rings. The van der Waals surface area contributed by atoms with Crippen molar-refractivity contribution in [3.05, 3.63) is 53.1 Å². The molecule has 4 rings (SSSR count). The molecule has 31 heavy (non-hydrogen) atoms. The highest BCUT2D eigenvalue weighted by Gasteiger charge is 2.26. The molecule has 2 aliphatic rings. The van der Waals surface area contributed by atoms with Crippen molar-refractivity contribution >= 4 is 29.2 Å². The minimum absolute atomic E-state index is 0.0214. The molecule has 0 unspecified atom stereocenters. The second kappa shape index (κ2) is 10.0. The number of carbonyl (C=O) groups is 2. The second-order valence-corrected chi connectivity index (χ2v) is 8.01. The molecule has 0 aliphatic carbocycles. The highest BCUT2D eigenvalue weighted by molar-refractivity contribution is 6.30. The van der Waals surface area contributed by atoms with E-state index in [2.05, 4.69) is 10.2 Å². The molecule has 2 aromatic carbocycles. The Bertz CT molecular complexity index is 926. The number of para-hydroxylation sites is 1. The minimum atomic E-state index is -0.532. The quantitative estimate of drug-likeness (QED) is 0.671. The number of halogens is 1. The van der Waals surface area contributed by atoms with Crippen LogP contribution in [0.1, 0.15) is 23.2 Å². The summed E-state index contributed by atoms with van der Waals surface area (Å²) in [4.78, 5) is 27.0. The van der Waals surface area contributed by atoms with Crippen LogP contribution in [0.2, 0.25) is 5.02 Å². The van der Waals surface area contributed by atoms with E-state index < -0.39 is 6.09 Å². The number of ketones is 1. The van der Waals surface area contributed by atoms with Gasteiger partial charge in [0.2, 0.25) is 0 Å². The van der Waals surface area contributed by atoms with Crippen LogP contribution < -0.4 is 14.8 Å². The molecule has 164 valence electrons. The molecule has 0 atom stereocenters. The van der Waals surface area contributed by atoms with Crippen molar-refractivity contribution in [1.82, 2.24) is 4.90 Å². The van der Waals surface area contributed by atoms with Crippen molar-refractivity contribution in [2.75, 3.05) is 44.8 Å². The summed E-state index contributed by atoms with van der Waals surface area (Å²) in [6, 6.07) is 12.4. The number of likely N-dealkylation sites (tertiary alicyclic amines) is 1. The third-order valence-electron chi connectivity index (χ3n) is 5.53. The van der Waals surface area contributed by atoms with Gasteiger partial charge in [-0.1, -0.05) is 17.7 Å². The van der Waals surface area contributed by atoms with Crippen LogP contribution >= 0.6 is 11.6 Å². The minimum Gasteiger partial charge on any atom is -0.486 e. The summed E-state index contributed by atoms with van der Waals surface area (Å²) < 4.78 is 16.4. The van der Waals surface area contributed by atoms with Crippen LogP contribution in [0.25, 0.3) is 0 Å². The topological polar surface area (TPSA) is 77.1 Å². The Kier molecular flexibility index (Phi) is 6.94. The first-order valence-corrected chi connectivity index (χ1v) is 10.8. The number of carbonyl (C=O) groups excluding carboxylic acids is 2. The molecule has 2 aliphatic heterocycles. The summed E-state index contributed by atoms with van der Waals surface area (Å²) in [6.07, 6.45) is 1.05. The lowest BCUT2D eigenvalue weighted by Gasteiger charge is -2.31. The Morgan fingerprint density at radius 2 is 1.81 bits per heavy atom. The number of hydrogen-bond donors (Lipinski definition) is 1. The number of piperidine rings is 1. The predicted octanol–water partition coefficient (Wildman–Crippen LogP) is 4.25. The van der Waals surface area contributed by atoms with E-state index in [1.165, 1.54) is 0 Å². The number of rotatable bonds is 6. The number of anilines is 1. The van der Waals surface area contributed by atoms with Crippen molar-refractivity contribution in [2.24, 2.45) is 5.92 Å². The normalized spacial score (nSPS) is 16.5. The third-order valence-corrected chi connectivity index (χ3v) is 5.78. The van der Waals surface area contributed by atoms with Gasteiger partial charge < -0.3 is 14.2 Å². The smallest absolute Gasteiger partial charge is 0.411 e. The largest absolute Gasteiger partial charge is 0.486 e. The summed E-state index contributed by atoms with van der Waals surface area (Å²) in [6.45, 7) is 3.43. The van der Waals surface area contributed by atoms with E-state index in [1.54, 1.807) is 42.5 Å². The first-order valence-electron chi connectivity index (χ1n) is 10.4. The van der Waals surface area contributed by atoms with Gasteiger partial charge in [-0.2, -0.15) is 0 Å². The first kappa shape index (κ1) is 21.5. The van der Waals surface area contributed by atoms with Crippen LogP contribution in [-0.4, -0.2) is 56.2 Å². The number of amides is 1. The standard InChI is InChI=1S/C23H25ClN2O5/c24-18-6-4-16(5-7-18)21(27)17-8-10-26(11-9-17)12-13-31-23(28)25-19-2-1-3-20-22(19)30-15-14-29-20/h1-7,17H,8-15H2,(H,25,28). The number of fused-ring (bicyclic) bond motifs is 1. The van der Waals surface area contributed by atoms with Crippen molar-refractivity contribution in [3.8, 4) is 11.5 Å². The van der Waals surface area contributed by atoms with Gasteiger partial charge in [0.15, 0.2) is 17.3 Å². The molecule has 0 radical (unpaired) electrons. The molecule has 1 saturated heterocycles. The second-order valence-electron chi connectivity index (χ2n) is 7.58. The fraction of sp³-hybridized carbons (Fsp3) is 0.391. The first-order chi connectivity index (χ1) is 15.1. The number of nitrogens with one attached hydrogen (secondary N) is 1. The zero-order valence-corrected chi connectivity index (χ0v) is 17.9. The van der Waals surface area contributed by atoms with Crippen LogP contribution in [0.4, 0.5) is 10.5 Å². The Hall–Kier alpha value is -2.77. The van der Waals surface area contributed by atoms with Gasteiger partial charge in [-0.15, -0.1) is 0 Å². The van der Waals surface area contributed by atoms with E-state index in [0.717, 1.165) is 25.9 Å². The van der Waals surface area contributed by atoms with E-state index in [9.17, 15) is 9.59 Å². The SMILES string of the molecule is O=C(Nc1cccc2c1OCCO2)OCCN1CCC(C(=O)c2ccc(Cl)cc2)CC1. The molecule has 8 heteroatoms. The molecule has 1 amide bonds. The van der Waals surface area contributed by atoms with Gasteiger partial charge in [0.05, 0.1) is 5.69 Å². The van der Waals surface area contributed by atoms with Crippen molar-refractivity contribution in [3.63, 3.8) is 0 Å². The van der Waals surface area contributed by atoms with E-state index in [0.29, 0.717) is 47.5 Å². The van der Waals surface area contributed by atoms with Crippen molar-refractivity contribution in [2.45, 2.75) is 12.8 Å². The Morgan fingerprint density at radius 3 is 2.58 bits per heavy atom. The molecular formula is C23H25ClN2O5. The van der Waals surface area contributed by atoms with Crippen molar-refractivity contribution in [1.29, 1.82) is 0 Å². The molecule has 0 aromatic heterocycles. The van der Waals surface area contributed by atoms with Gasteiger partial charge in [0.1, 0.15) is 19.8 Å². The van der Waals surface area contributed by atoms with Crippen LogP contribution in [0.5, 0.6) is 11.5 Å². The van der Waals surface area contributed by atoms with E-state index >= 15 is 0 Å². The van der Waals surface area contributed by atoms with Gasteiger partial charge in [-0.3, -0.25) is 15.0 Å². The number of benzene rings is 2. The molecule has 2 aromatic rings. The van der Waals surface area contributed by atoms with Crippen LogP contribution in [-0.2, 0) is 4.74 Å². The molecule has 0 spiro atoms. The lowest BCUT2D eigenvalue weighted by Crippen LogP contribution is -2.38. The van der Waals surface area contributed by atoms with Gasteiger partial charge in [-0.25, -0.2) is 4.79 Å². The molecule has 0 saturated carbocycles. The summed E-state index contributed by atoms with van der Waals surface area (Å²) >= 11 is 5.90. The van der Waals surface area contributed by atoms with Crippen molar-refractivity contribution < 1.29 is 23.8 Å². The molecule has 0 bridgehead atoms. The fourth-order valence-electron chi connectivity index (χ4n) is 3.85. The molecule has 2 heterocycles. The monoisotopic (exact) mass is 444 g/mol. The maximum Gasteiger partial charge on any atom is 0.411 e. The highest BCUT2D eigenvalue weighted by atomic mass is 35.5. The zero-order chi connectivity index (χ0) is 21.6. The highest BCUT2D eigenvalue weighted by Crippen LogP contribution is 2.37. The van der Waals surface area contributed by atoms with Crippen LogP contribution in [0.3, 0.4) is 0 Å². The third kappa shape index (κ3) is 5.48. The zero-order valence-electron chi connectivity index (χ0n) is 17.1. The summed E-state index contributed by atoms with van der Waals surface area (Å²) in [7, 11) is 0. The molecular weight excluding hydrogens is 420 g/mol. The summed E-state index contributed by atoms with van der Waals surface area (Å²) in [5.74, 6) is 1.33. The number of hydrogen-bond acceptors (Lipinski definition) is 6. The maximum atomic E-state index is 12.6. The Morgan fingerprint density at radius 1 is 1.06 bits per heavy atom. The van der Waals surface area contributed by atoms with E-state index in [-0.39, 0.29) is 18.3 Å². The average molecular weight is 445 g/mol. The number of Topliss-reactive ketones (excluding diaryl/α,β-unsaturated/α-hetero) is 1. The maximum absolute atomic E-state index is 12.6.